The van der Waals surface area contributed by atoms with Crippen LogP contribution in [0.3, 0.4) is 0 Å². The van der Waals surface area contributed by atoms with Crippen LogP contribution in [-0.2, 0) is 14.3 Å². The Morgan fingerprint density at radius 3 is 2.76 bits per heavy atom. The van der Waals surface area contributed by atoms with Gasteiger partial charge in [-0.2, -0.15) is 0 Å². The molecule has 8 heteroatoms. The molecule has 0 aromatic heterocycles. The molecule has 1 atom stereocenters. The van der Waals surface area contributed by atoms with Crippen molar-refractivity contribution in [2.24, 2.45) is 5.73 Å². The molecule has 33 heavy (non-hydrogen) atoms. The van der Waals surface area contributed by atoms with E-state index in [4.69, 9.17) is 31.5 Å². The van der Waals surface area contributed by atoms with Gasteiger partial charge in [0.1, 0.15) is 5.82 Å². The van der Waals surface area contributed by atoms with Gasteiger partial charge in [-0.1, -0.05) is 23.7 Å². The maximum atomic E-state index is 13.4. The first-order chi connectivity index (χ1) is 15.9. The van der Waals surface area contributed by atoms with Gasteiger partial charge in [-0.15, -0.1) is 0 Å². The van der Waals surface area contributed by atoms with E-state index in [1.165, 1.54) is 7.11 Å². The van der Waals surface area contributed by atoms with Crippen molar-refractivity contribution < 1.29 is 23.8 Å². The molecule has 2 aromatic carbocycles. The van der Waals surface area contributed by atoms with Crippen LogP contribution in [0.1, 0.15) is 36.3 Å². The number of carbonyl (C=O) groups is 2. The van der Waals surface area contributed by atoms with Crippen LogP contribution >= 0.6 is 11.6 Å². The molecule has 1 aliphatic carbocycles. The van der Waals surface area contributed by atoms with Gasteiger partial charge >= 0.3 is 5.97 Å². The van der Waals surface area contributed by atoms with Crippen molar-refractivity contribution >= 4 is 29.0 Å². The summed E-state index contributed by atoms with van der Waals surface area (Å²) in [5.74, 6) is 0.122. The van der Waals surface area contributed by atoms with Gasteiger partial charge in [0.25, 0.3) is 0 Å². The Labute approximate surface area is 196 Å². The topological polar surface area (TPSA) is 91.1 Å². The maximum Gasteiger partial charge on any atom is 0.338 e. The number of methoxy groups -OCH3 is 1. The Morgan fingerprint density at radius 2 is 1.97 bits per heavy atom. The number of halogens is 1. The average molecular weight is 467 g/mol. The molecule has 0 unspecified atom stereocenters. The standard InChI is InChI=1S/C25H23ClN2O5/c1-13-15(26)5-3-6-16(13)28-17-7-4-8-18(29)22(17)21(23(24(28)27)25(30)31-2)14-9-10-19-20(11-14)33-12-32-19/h3,5-6,9-11,21H,4,7-8,12,27H2,1-2H3/t21-/m0/s1. The summed E-state index contributed by atoms with van der Waals surface area (Å²) in [4.78, 5) is 28.3. The van der Waals surface area contributed by atoms with E-state index in [0.29, 0.717) is 46.9 Å². The normalized spacial score (nSPS) is 19.7. The molecule has 2 aliphatic heterocycles. The number of anilines is 1. The van der Waals surface area contributed by atoms with Crippen LogP contribution in [0.5, 0.6) is 11.5 Å². The summed E-state index contributed by atoms with van der Waals surface area (Å²) >= 11 is 6.41. The summed E-state index contributed by atoms with van der Waals surface area (Å²) < 4.78 is 16.1. The number of benzene rings is 2. The number of fused-ring (bicyclic) bond motifs is 1. The molecule has 0 radical (unpaired) electrons. The lowest BCUT2D eigenvalue weighted by Crippen LogP contribution is -2.41. The van der Waals surface area contributed by atoms with Crippen molar-refractivity contribution in [3.8, 4) is 11.5 Å². The molecule has 0 amide bonds. The van der Waals surface area contributed by atoms with Gasteiger partial charge in [0.15, 0.2) is 17.3 Å². The molecule has 7 nitrogen and oxygen atoms in total. The van der Waals surface area contributed by atoms with Gasteiger partial charge in [-0.3, -0.25) is 9.69 Å². The quantitative estimate of drug-likeness (QED) is 0.673. The van der Waals surface area contributed by atoms with Crippen LogP contribution in [0.25, 0.3) is 0 Å². The van der Waals surface area contributed by atoms with Crippen LogP contribution < -0.4 is 20.1 Å². The van der Waals surface area contributed by atoms with E-state index >= 15 is 0 Å². The number of nitrogens with zero attached hydrogens (tertiary/aromatic N) is 1. The molecule has 0 saturated heterocycles. The van der Waals surface area contributed by atoms with Gasteiger partial charge in [0, 0.05) is 22.7 Å². The number of allylic oxidation sites excluding steroid dienone is 2. The molecular weight excluding hydrogens is 444 g/mol. The number of Topliss-reactive ketones (excluding diaryl/α,β-unsaturated/α-hetero) is 1. The average Bonchev–Trinajstić information content (AvgIpc) is 3.28. The summed E-state index contributed by atoms with van der Waals surface area (Å²) in [6.07, 6.45) is 1.74. The van der Waals surface area contributed by atoms with Crippen LogP contribution in [0.15, 0.2) is 59.1 Å². The number of nitrogens with two attached hydrogens (primary N) is 1. The SMILES string of the molecule is COC(=O)C1=C(N)N(c2cccc(Cl)c2C)C2=C(C(=O)CCC2)[C@@H]1c1ccc2c(c1)OCO2. The molecule has 0 saturated carbocycles. The number of ether oxygens (including phenoxy) is 3. The summed E-state index contributed by atoms with van der Waals surface area (Å²) in [6.45, 7) is 2.01. The fourth-order valence-electron chi connectivity index (χ4n) is 4.84. The first-order valence-electron chi connectivity index (χ1n) is 10.7. The third kappa shape index (κ3) is 3.35. The molecule has 0 bridgehead atoms. The molecule has 0 fully saturated rings. The van der Waals surface area contributed by atoms with Gasteiger partial charge < -0.3 is 19.9 Å². The van der Waals surface area contributed by atoms with E-state index in [-0.39, 0.29) is 24.0 Å². The molecule has 2 aromatic rings. The lowest BCUT2D eigenvalue weighted by atomic mass is 9.75. The molecule has 2 heterocycles. The van der Waals surface area contributed by atoms with E-state index in [9.17, 15) is 9.59 Å². The summed E-state index contributed by atoms with van der Waals surface area (Å²) in [6, 6.07) is 10.9. The first kappa shape index (κ1) is 21.4. The van der Waals surface area contributed by atoms with Crippen molar-refractivity contribution in [3.05, 3.63) is 75.2 Å². The van der Waals surface area contributed by atoms with Crippen molar-refractivity contribution in [2.75, 3.05) is 18.8 Å². The number of ketones is 1. The molecule has 3 aliphatic rings. The van der Waals surface area contributed by atoms with E-state index in [2.05, 4.69) is 0 Å². The fraction of sp³-hybridized carbons (Fsp3) is 0.280. The zero-order valence-electron chi connectivity index (χ0n) is 18.3. The minimum atomic E-state index is -0.675. The molecule has 2 N–H and O–H groups in total. The molecule has 170 valence electrons. The zero-order valence-corrected chi connectivity index (χ0v) is 19.1. The molecule has 0 spiro atoms. The Morgan fingerprint density at radius 1 is 1.18 bits per heavy atom. The van der Waals surface area contributed by atoms with Crippen molar-refractivity contribution in [1.29, 1.82) is 0 Å². The minimum Gasteiger partial charge on any atom is -0.466 e. The van der Waals surface area contributed by atoms with Crippen molar-refractivity contribution in [2.45, 2.75) is 32.1 Å². The van der Waals surface area contributed by atoms with Crippen LogP contribution in [-0.4, -0.2) is 25.7 Å². The summed E-state index contributed by atoms with van der Waals surface area (Å²) in [5, 5.41) is 0.571. The first-order valence-corrected chi connectivity index (χ1v) is 11.1. The highest BCUT2D eigenvalue weighted by molar-refractivity contribution is 6.31. The number of hydrogen-bond donors (Lipinski definition) is 1. The zero-order chi connectivity index (χ0) is 23.3. The third-order valence-corrected chi connectivity index (χ3v) is 6.82. The number of esters is 1. The Hall–Kier alpha value is -3.45. The van der Waals surface area contributed by atoms with Gasteiger partial charge in [-0.25, -0.2) is 4.79 Å². The van der Waals surface area contributed by atoms with E-state index in [0.717, 1.165) is 16.9 Å². The van der Waals surface area contributed by atoms with Crippen LogP contribution in [0.4, 0.5) is 5.69 Å². The van der Waals surface area contributed by atoms with Crippen molar-refractivity contribution in [3.63, 3.8) is 0 Å². The van der Waals surface area contributed by atoms with Gasteiger partial charge in [-0.05, 0) is 55.2 Å². The Kier molecular flexibility index (Phi) is 5.29. The Bertz CT molecular complexity index is 1250. The van der Waals surface area contributed by atoms with E-state index in [1.807, 2.05) is 25.1 Å². The number of rotatable bonds is 3. The molecular formula is C25H23ClN2O5. The van der Waals surface area contributed by atoms with E-state index < -0.39 is 11.9 Å². The van der Waals surface area contributed by atoms with E-state index in [1.54, 1.807) is 23.1 Å². The largest absolute Gasteiger partial charge is 0.466 e. The Balaban J connectivity index is 1.78. The van der Waals surface area contributed by atoms with Gasteiger partial charge in [0.05, 0.1) is 24.3 Å². The van der Waals surface area contributed by atoms with Gasteiger partial charge in [0.2, 0.25) is 6.79 Å². The monoisotopic (exact) mass is 466 g/mol. The lowest BCUT2D eigenvalue weighted by molar-refractivity contribution is -0.136. The number of carbonyl (C=O) groups excluding carboxylic acids is 2. The predicted molar refractivity (Wildman–Crippen MR) is 123 cm³/mol. The summed E-state index contributed by atoms with van der Waals surface area (Å²) in [5.41, 5.74) is 10.5. The lowest BCUT2D eigenvalue weighted by Gasteiger charge is -2.41. The minimum absolute atomic E-state index is 0.0162. The smallest absolute Gasteiger partial charge is 0.338 e. The predicted octanol–water partition coefficient (Wildman–Crippen LogP) is 4.33. The van der Waals surface area contributed by atoms with Crippen molar-refractivity contribution in [1.82, 2.24) is 0 Å². The highest BCUT2D eigenvalue weighted by atomic mass is 35.5. The second-order valence-corrected chi connectivity index (χ2v) is 8.60. The summed E-state index contributed by atoms with van der Waals surface area (Å²) in [7, 11) is 1.31. The second-order valence-electron chi connectivity index (χ2n) is 8.19. The highest BCUT2D eigenvalue weighted by Gasteiger charge is 2.43. The number of hydrogen-bond acceptors (Lipinski definition) is 7. The molecule has 5 rings (SSSR count). The maximum absolute atomic E-state index is 13.4. The fourth-order valence-corrected chi connectivity index (χ4v) is 5.01. The van der Waals surface area contributed by atoms with Crippen LogP contribution in [0, 0.1) is 6.92 Å². The third-order valence-electron chi connectivity index (χ3n) is 6.41. The highest BCUT2D eigenvalue weighted by Crippen LogP contribution is 2.49. The van der Waals surface area contributed by atoms with Crippen LogP contribution in [0.2, 0.25) is 5.02 Å². The second kappa shape index (κ2) is 8.15.